The van der Waals surface area contributed by atoms with Crippen molar-refractivity contribution >= 4 is 67.1 Å². The fourth-order valence-electron chi connectivity index (χ4n) is 6.07. The van der Waals surface area contributed by atoms with E-state index in [9.17, 15) is 10.0 Å². The maximum atomic E-state index is 10.00. The molecule has 2 heterocycles. The van der Waals surface area contributed by atoms with E-state index in [0.717, 1.165) is 33.1 Å². The summed E-state index contributed by atoms with van der Waals surface area (Å²) in [5.74, 6) is 0. The molecule has 0 saturated heterocycles. The van der Waals surface area contributed by atoms with Gasteiger partial charge >= 0.3 is 7.12 Å². The van der Waals surface area contributed by atoms with Crippen molar-refractivity contribution < 1.29 is 14.5 Å². The summed E-state index contributed by atoms with van der Waals surface area (Å²) >= 11 is 0. The Hall–Kier alpha value is -4.84. The van der Waals surface area contributed by atoms with Gasteiger partial charge in [-0.25, -0.2) is 0 Å². The van der Waals surface area contributed by atoms with Crippen LogP contribution < -0.4 is 5.46 Å². The average Bonchev–Trinajstić information content (AvgIpc) is 3.52. The molecule has 0 amide bonds. The number of aromatic nitrogens is 1. The Labute approximate surface area is 224 Å². The minimum Gasteiger partial charge on any atom is -0.456 e. The maximum Gasteiger partial charge on any atom is 0.489 e. The molecular weight excluding hydrogens is 481 g/mol. The second-order valence-electron chi connectivity index (χ2n) is 9.99. The van der Waals surface area contributed by atoms with Crippen molar-refractivity contribution in [2.45, 2.75) is 0 Å². The van der Waals surface area contributed by atoms with Crippen LogP contribution in [0.4, 0.5) is 0 Å². The van der Waals surface area contributed by atoms with Gasteiger partial charge in [0.25, 0.3) is 0 Å². The molecule has 2 N–H and O–H groups in total. The Morgan fingerprint density at radius 3 is 2.21 bits per heavy atom. The van der Waals surface area contributed by atoms with Gasteiger partial charge < -0.3 is 19.0 Å². The highest BCUT2D eigenvalue weighted by Crippen LogP contribution is 2.39. The highest BCUT2D eigenvalue weighted by Gasteiger charge is 2.20. The number of para-hydroxylation sites is 1. The fourth-order valence-corrected chi connectivity index (χ4v) is 6.07. The number of hydrogen-bond acceptors (Lipinski definition) is 3. The zero-order valence-corrected chi connectivity index (χ0v) is 20.9. The fraction of sp³-hybridized carbons (Fsp3) is 0. The van der Waals surface area contributed by atoms with E-state index in [4.69, 9.17) is 4.42 Å². The molecule has 6 aromatic carbocycles. The van der Waals surface area contributed by atoms with Gasteiger partial charge in [-0.1, -0.05) is 78.9 Å². The third-order valence-corrected chi connectivity index (χ3v) is 7.81. The van der Waals surface area contributed by atoms with E-state index >= 15 is 0 Å². The molecule has 0 unspecified atom stereocenters. The Kier molecular flexibility index (Phi) is 4.74. The Balaban J connectivity index is 1.43. The third-order valence-electron chi connectivity index (χ3n) is 7.81. The summed E-state index contributed by atoms with van der Waals surface area (Å²) in [6.07, 6.45) is 0. The second kappa shape index (κ2) is 8.33. The number of hydrogen-bond donors (Lipinski definition) is 2. The molecule has 0 aliphatic carbocycles. The van der Waals surface area contributed by atoms with Crippen LogP contribution >= 0.6 is 0 Å². The van der Waals surface area contributed by atoms with Crippen LogP contribution in [0, 0.1) is 0 Å². The van der Waals surface area contributed by atoms with Gasteiger partial charge in [-0.15, -0.1) is 0 Å². The van der Waals surface area contributed by atoms with Crippen LogP contribution in [0.5, 0.6) is 0 Å². The molecule has 0 fully saturated rings. The first-order valence-electron chi connectivity index (χ1n) is 13.0. The lowest BCUT2D eigenvalue weighted by Gasteiger charge is -2.09. The van der Waals surface area contributed by atoms with E-state index in [2.05, 4.69) is 95.6 Å². The standard InChI is InChI=1S/C34H22BNO3/c37-35(38)28-11-6-12-32-34(28)27-19-22(15-18-31(27)39-32)23-13-16-26-30(20-23)36(24-8-2-1-3-9-24)29-17-14-21-7-4-5-10-25(21)33(26)29/h1-20,37-38H. The first kappa shape index (κ1) is 22.2. The SMILES string of the molecule is OB(O)c1cccc2oc3ccc(-c4ccc5c6c7ccccc7ccc6n(-c6ccccc6)c5c4)cc3c12. The zero-order valence-electron chi connectivity index (χ0n) is 20.9. The summed E-state index contributed by atoms with van der Waals surface area (Å²) in [5.41, 5.74) is 7.32. The van der Waals surface area contributed by atoms with E-state index in [1.54, 1.807) is 12.1 Å². The van der Waals surface area contributed by atoms with Crippen LogP contribution in [0.1, 0.15) is 0 Å². The van der Waals surface area contributed by atoms with E-state index in [-0.39, 0.29) is 0 Å². The molecule has 2 aromatic heterocycles. The summed E-state index contributed by atoms with van der Waals surface area (Å²) < 4.78 is 8.38. The van der Waals surface area contributed by atoms with Crippen molar-refractivity contribution in [3.8, 4) is 16.8 Å². The van der Waals surface area contributed by atoms with Gasteiger partial charge in [0, 0.05) is 27.2 Å². The van der Waals surface area contributed by atoms with Crippen LogP contribution in [-0.2, 0) is 0 Å². The van der Waals surface area contributed by atoms with Crippen molar-refractivity contribution in [2.24, 2.45) is 0 Å². The first-order chi connectivity index (χ1) is 19.2. The molecule has 0 saturated carbocycles. The summed E-state index contributed by atoms with van der Waals surface area (Å²) in [6.45, 7) is 0. The molecule has 0 bridgehead atoms. The van der Waals surface area contributed by atoms with E-state index in [0.29, 0.717) is 16.6 Å². The zero-order chi connectivity index (χ0) is 26.1. The molecule has 8 aromatic rings. The van der Waals surface area contributed by atoms with Crippen molar-refractivity contribution in [3.63, 3.8) is 0 Å². The Bertz CT molecular complexity index is 2210. The van der Waals surface area contributed by atoms with Gasteiger partial charge in [0.1, 0.15) is 11.2 Å². The largest absolute Gasteiger partial charge is 0.489 e. The molecule has 8 rings (SSSR count). The molecule has 0 atom stereocenters. The van der Waals surface area contributed by atoms with E-state index in [1.165, 1.54) is 27.1 Å². The average molecular weight is 503 g/mol. The van der Waals surface area contributed by atoms with Crippen molar-refractivity contribution in [1.29, 1.82) is 0 Å². The summed E-state index contributed by atoms with van der Waals surface area (Å²) in [4.78, 5) is 0. The minimum atomic E-state index is -1.58. The van der Waals surface area contributed by atoms with Crippen molar-refractivity contribution in [2.75, 3.05) is 0 Å². The molecular formula is C34H22BNO3. The number of furan rings is 1. The van der Waals surface area contributed by atoms with Crippen LogP contribution in [-0.4, -0.2) is 21.7 Å². The Morgan fingerprint density at radius 1 is 0.538 bits per heavy atom. The van der Waals surface area contributed by atoms with Crippen molar-refractivity contribution in [1.82, 2.24) is 4.57 Å². The van der Waals surface area contributed by atoms with Crippen LogP contribution in [0.25, 0.3) is 71.3 Å². The smallest absolute Gasteiger partial charge is 0.456 e. The predicted octanol–water partition coefficient (Wildman–Crippen LogP) is 7.18. The number of rotatable bonds is 3. The normalized spacial score (nSPS) is 11.8. The maximum absolute atomic E-state index is 10.00. The lowest BCUT2D eigenvalue weighted by molar-refractivity contribution is 0.426. The Morgan fingerprint density at radius 2 is 1.33 bits per heavy atom. The van der Waals surface area contributed by atoms with Crippen molar-refractivity contribution in [3.05, 3.63) is 121 Å². The summed E-state index contributed by atoms with van der Waals surface area (Å²) in [6, 6.07) is 41.5. The quantitative estimate of drug-likeness (QED) is 0.251. The highest BCUT2D eigenvalue weighted by atomic mass is 16.4. The molecule has 0 aliphatic heterocycles. The van der Waals surface area contributed by atoms with Gasteiger partial charge in [0.05, 0.1) is 11.0 Å². The molecule has 0 radical (unpaired) electrons. The lowest BCUT2D eigenvalue weighted by atomic mass is 9.77. The third kappa shape index (κ3) is 3.28. The van der Waals surface area contributed by atoms with Gasteiger partial charge in [0.15, 0.2) is 0 Å². The monoisotopic (exact) mass is 503 g/mol. The van der Waals surface area contributed by atoms with Crippen LogP contribution in [0.2, 0.25) is 0 Å². The molecule has 0 aliphatic rings. The lowest BCUT2D eigenvalue weighted by Crippen LogP contribution is -2.30. The number of benzene rings is 6. The van der Waals surface area contributed by atoms with Crippen LogP contribution in [0.15, 0.2) is 126 Å². The molecule has 39 heavy (non-hydrogen) atoms. The van der Waals surface area contributed by atoms with Crippen LogP contribution in [0.3, 0.4) is 0 Å². The van der Waals surface area contributed by atoms with Gasteiger partial charge in [-0.05, 0) is 69.8 Å². The minimum absolute atomic E-state index is 0.440. The molecule has 5 heteroatoms. The number of nitrogens with zero attached hydrogens (tertiary/aromatic N) is 1. The highest BCUT2D eigenvalue weighted by molar-refractivity contribution is 6.62. The predicted molar refractivity (Wildman–Crippen MR) is 161 cm³/mol. The van der Waals surface area contributed by atoms with E-state index < -0.39 is 7.12 Å². The van der Waals surface area contributed by atoms with Gasteiger partial charge in [0.2, 0.25) is 0 Å². The topological polar surface area (TPSA) is 58.5 Å². The first-order valence-corrected chi connectivity index (χ1v) is 13.0. The summed E-state index contributed by atoms with van der Waals surface area (Å²) in [5, 5.41) is 26.5. The molecule has 4 nitrogen and oxygen atoms in total. The summed E-state index contributed by atoms with van der Waals surface area (Å²) in [7, 11) is -1.58. The second-order valence-corrected chi connectivity index (χ2v) is 9.99. The molecule has 0 spiro atoms. The van der Waals surface area contributed by atoms with Gasteiger partial charge in [-0.3, -0.25) is 0 Å². The number of fused-ring (bicyclic) bond motifs is 8. The van der Waals surface area contributed by atoms with E-state index in [1.807, 2.05) is 18.2 Å². The van der Waals surface area contributed by atoms with Gasteiger partial charge in [-0.2, -0.15) is 0 Å². The molecule has 184 valence electrons.